The fraction of sp³-hybridized carbons (Fsp3) is 0.562. The van der Waals surface area contributed by atoms with E-state index in [-0.39, 0.29) is 18.4 Å². The third-order valence-electron chi connectivity index (χ3n) is 7.29. The molecule has 1 fully saturated rings. The molecule has 1 aliphatic rings. The summed E-state index contributed by atoms with van der Waals surface area (Å²) in [6.45, 7) is 14.4. The first-order valence-corrected chi connectivity index (χ1v) is 14.8. The minimum absolute atomic E-state index is 0.0301. The van der Waals surface area contributed by atoms with Gasteiger partial charge in [-0.25, -0.2) is 8.78 Å². The van der Waals surface area contributed by atoms with Gasteiger partial charge in [0, 0.05) is 62.5 Å². The average Bonchev–Trinajstić information content (AvgIpc) is 2.90. The van der Waals surface area contributed by atoms with E-state index in [4.69, 9.17) is 0 Å². The van der Waals surface area contributed by atoms with Crippen molar-refractivity contribution in [2.45, 2.75) is 72.1 Å². The van der Waals surface area contributed by atoms with E-state index in [1.165, 1.54) is 12.1 Å². The highest BCUT2D eigenvalue weighted by Gasteiger charge is 2.33. The smallest absolute Gasteiger partial charge is 0.253 e. The largest absolute Gasteiger partial charge is 0.389 e. The first-order chi connectivity index (χ1) is 19.5. The highest BCUT2D eigenvalue weighted by Crippen LogP contribution is 2.18. The molecular formula is C32H46F2N4O3. The third kappa shape index (κ3) is 9.58. The zero-order valence-electron chi connectivity index (χ0n) is 25.1. The highest BCUT2D eigenvalue weighted by atomic mass is 19.1. The minimum atomic E-state index is -1.03. The van der Waals surface area contributed by atoms with Crippen LogP contribution in [0.5, 0.6) is 0 Å². The van der Waals surface area contributed by atoms with Crippen LogP contribution in [-0.4, -0.2) is 84.2 Å². The first-order valence-electron chi connectivity index (χ1n) is 14.8. The number of hydrogen-bond donors (Lipinski definition) is 3. The quantitative estimate of drug-likeness (QED) is 0.336. The second kappa shape index (κ2) is 15.4. The highest BCUT2D eigenvalue weighted by molar-refractivity contribution is 6.00. The number of aliphatic hydroxyl groups excluding tert-OH is 1. The number of piperazine rings is 1. The number of aliphatic hydroxyl groups is 1. The third-order valence-corrected chi connectivity index (χ3v) is 7.29. The Kier molecular flexibility index (Phi) is 12.2. The molecule has 2 amide bonds. The summed E-state index contributed by atoms with van der Waals surface area (Å²) in [6, 6.07) is 7.10. The Bertz CT molecular complexity index is 1150. The molecule has 7 nitrogen and oxygen atoms in total. The number of aryl methyl sites for hydroxylation is 1. The molecule has 0 saturated carbocycles. The van der Waals surface area contributed by atoms with Crippen LogP contribution in [-0.2, 0) is 6.42 Å². The van der Waals surface area contributed by atoms with Crippen LogP contribution in [0.1, 0.15) is 72.4 Å². The van der Waals surface area contributed by atoms with Crippen LogP contribution in [0.15, 0.2) is 36.4 Å². The van der Waals surface area contributed by atoms with Gasteiger partial charge in [-0.15, -0.1) is 0 Å². The summed E-state index contributed by atoms with van der Waals surface area (Å²) in [4.78, 5) is 30.9. The fourth-order valence-corrected chi connectivity index (χ4v) is 5.60. The van der Waals surface area contributed by atoms with Crippen molar-refractivity contribution in [1.82, 2.24) is 20.4 Å². The molecule has 3 atom stereocenters. The normalized spacial score (nSPS) is 17.3. The van der Waals surface area contributed by atoms with Gasteiger partial charge in [-0.1, -0.05) is 27.7 Å². The molecule has 0 radical (unpaired) electrons. The van der Waals surface area contributed by atoms with E-state index in [0.717, 1.165) is 37.6 Å². The van der Waals surface area contributed by atoms with Crippen molar-refractivity contribution in [2.24, 2.45) is 5.92 Å². The van der Waals surface area contributed by atoms with Crippen LogP contribution in [0, 0.1) is 24.5 Å². The van der Waals surface area contributed by atoms with Crippen LogP contribution < -0.4 is 10.6 Å². The van der Waals surface area contributed by atoms with E-state index >= 15 is 0 Å². The molecule has 2 aromatic rings. The van der Waals surface area contributed by atoms with Gasteiger partial charge in [-0.2, -0.15) is 0 Å². The molecule has 0 aliphatic carbocycles. The van der Waals surface area contributed by atoms with Gasteiger partial charge in [0.05, 0.1) is 12.1 Å². The van der Waals surface area contributed by atoms with Crippen molar-refractivity contribution in [3.63, 3.8) is 0 Å². The van der Waals surface area contributed by atoms with Crippen molar-refractivity contribution in [1.29, 1.82) is 0 Å². The van der Waals surface area contributed by atoms with E-state index in [1.807, 2.05) is 20.8 Å². The predicted molar refractivity (Wildman–Crippen MR) is 158 cm³/mol. The van der Waals surface area contributed by atoms with Gasteiger partial charge in [0.1, 0.15) is 11.6 Å². The average molecular weight is 573 g/mol. The lowest BCUT2D eigenvalue weighted by molar-refractivity contribution is 0.0457. The standard InChI is InChI=1S/C32H46F2N4O3/c1-6-9-38(10-7-2)32(41)25-13-22(5)12-24(17-25)31(40)36-28(16-23-14-26(33)18-27(34)15-23)30(39)29-20-37(11-8-35-29)19-21(3)4/h12-15,17-18,21,28-30,35,39H,6-11,16,19-20H2,1-5H3,(H,36,40)/t28-,29+,30-/m0/s1. The molecule has 0 spiro atoms. The second-order valence-corrected chi connectivity index (χ2v) is 11.6. The molecule has 9 heteroatoms. The SMILES string of the molecule is CCCN(CCC)C(=O)c1cc(C)cc(C(=O)N[C@@H](Cc2cc(F)cc(F)c2)[C@H](O)[C@H]2CN(CC(C)C)CCN2)c1. The van der Waals surface area contributed by atoms with Gasteiger partial charge in [0.15, 0.2) is 0 Å². The summed E-state index contributed by atoms with van der Waals surface area (Å²) in [5.41, 5.74) is 1.81. The number of nitrogens with zero attached hydrogens (tertiary/aromatic N) is 2. The van der Waals surface area contributed by atoms with E-state index in [2.05, 4.69) is 29.4 Å². The van der Waals surface area contributed by atoms with Crippen molar-refractivity contribution in [2.75, 3.05) is 39.3 Å². The van der Waals surface area contributed by atoms with E-state index in [1.54, 1.807) is 23.1 Å². The summed E-state index contributed by atoms with van der Waals surface area (Å²) in [7, 11) is 0. The topological polar surface area (TPSA) is 84.9 Å². The van der Waals surface area contributed by atoms with Crippen LogP contribution in [0.25, 0.3) is 0 Å². The molecule has 0 aromatic heterocycles. The van der Waals surface area contributed by atoms with Gasteiger partial charge in [-0.05, 0) is 73.6 Å². The number of hydrogen-bond acceptors (Lipinski definition) is 5. The van der Waals surface area contributed by atoms with Gasteiger partial charge in [-0.3, -0.25) is 9.59 Å². The second-order valence-electron chi connectivity index (χ2n) is 11.6. The number of nitrogens with one attached hydrogen (secondary N) is 2. The number of amides is 2. The van der Waals surface area contributed by atoms with Gasteiger partial charge >= 0.3 is 0 Å². The van der Waals surface area contributed by atoms with Crippen LogP contribution >= 0.6 is 0 Å². The molecule has 0 unspecified atom stereocenters. The molecule has 1 aliphatic heterocycles. The molecule has 0 bridgehead atoms. The Balaban J connectivity index is 1.88. The zero-order valence-corrected chi connectivity index (χ0v) is 25.1. The van der Waals surface area contributed by atoms with Crippen LogP contribution in [0.2, 0.25) is 0 Å². The first kappa shape index (κ1) is 32.6. The Morgan fingerprint density at radius 3 is 2.29 bits per heavy atom. The zero-order chi connectivity index (χ0) is 30.1. The molecule has 1 heterocycles. The Hall–Kier alpha value is -2.88. The van der Waals surface area contributed by atoms with Crippen molar-refractivity contribution >= 4 is 11.8 Å². The van der Waals surface area contributed by atoms with Crippen molar-refractivity contribution in [3.05, 3.63) is 70.3 Å². The fourth-order valence-electron chi connectivity index (χ4n) is 5.60. The maximum absolute atomic E-state index is 14.0. The molecule has 2 aromatic carbocycles. The van der Waals surface area contributed by atoms with Crippen molar-refractivity contribution in [3.8, 4) is 0 Å². The van der Waals surface area contributed by atoms with Crippen molar-refractivity contribution < 1.29 is 23.5 Å². The predicted octanol–water partition coefficient (Wildman–Crippen LogP) is 4.17. The molecule has 3 rings (SSSR count). The number of carbonyl (C=O) groups is 2. The number of benzene rings is 2. The lowest BCUT2D eigenvalue weighted by atomic mass is 9.94. The molecule has 41 heavy (non-hydrogen) atoms. The summed E-state index contributed by atoms with van der Waals surface area (Å²) < 4.78 is 28.1. The summed E-state index contributed by atoms with van der Waals surface area (Å²) in [5, 5.41) is 17.8. The Morgan fingerprint density at radius 2 is 1.68 bits per heavy atom. The lowest BCUT2D eigenvalue weighted by Gasteiger charge is -2.39. The van der Waals surface area contributed by atoms with Crippen LogP contribution in [0.4, 0.5) is 8.78 Å². The maximum Gasteiger partial charge on any atom is 0.253 e. The van der Waals surface area contributed by atoms with Gasteiger partial charge in [0.2, 0.25) is 0 Å². The number of carbonyl (C=O) groups excluding carboxylic acids is 2. The molecule has 226 valence electrons. The summed E-state index contributed by atoms with van der Waals surface area (Å²) in [5.74, 6) is -1.57. The monoisotopic (exact) mass is 572 g/mol. The van der Waals surface area contributed by atoms with Crippen LogP contribution in [0.3, 0.4) is 0 Å². The Labute approximate surface area is 243 Å². The van der Waals surface area contributed by atoms with E-state index < -0.39 is 29.7 Å². The lowest BCUT2D eigenvalue weighted by Crippen LogP contribution is -2.61. The maximum atomic E-state index is 14.0. The van der Waals surface area contributed by atoms with E-state index in [9.17, 15) is 23.5 Å². The van der Waals surface area contributed by atoms with Gasteiger partial charge < -0.3 is 25.5 Å². The number of rotatable bonds is 13. The number of halogens is 2. The van der Waals surface area contributed by atoms with E-state index in [0.29, 0.717) is 48.8 Å². The minimum Gasteiger partial charge on any atom is -0.389 e. The summed E-state index contributed by atoms with van der Waals surface area (Å²) in [6.07, 6.45) is 0.655. The Morgan fingerprint density at radius 1 is 1.05 bits per heavy atom. The molecular weight excluding hydrogens is 526 g/mol. The molecule has 1 saturated heterocycles. The van der Waals surface area contributed by atoms with Gasteiger partial charge in [0.25, 0.3) is 11.8 Å². The summed E-state index contributed by atoms with van der Waals surface area (Å²) >= 11 is 0. The molecule has 3 N–H and O–H groups in total.